The number of nitrogens with zero attached hydrogens (tertiary/aromatic N) is 2. The first-order chi connectivity index (χ1) is 9.29. The van der Waals surface area contributed by atoms with E-state index >= 15 is 0 Å². The van der Waals surface area contributed by atoms with E-state index in [0.717, 1.165) is 26.0 Å². The second kappa shape index (κ2) is 6.95. The molecule has 0 spiro atoms. The van der Waals surface area contributed by atoms with Gasteiger partial charge in [-0.25, -0.2) is 0 Å². The zero-order valence-electron chi connectivity index (χ0n) is 11.6. The fourth-order valence-electron chi connectivity index (χ4n) is 2.07. The Morgan fingerprint density at radius 1 is 1.26 bits per heavy atom. The molecule has 0 fully saturated rings. The van der Waals surface area contributed by atoms with Crippen LogP contribution in [-0.4, -0.2) is 30.0 Å². The quantitative estimate of drug-likeness (QED) is 0.829. The summed E-state index contributed by atoms with van der Waals surface area (Å²) in [6.07, 6.45) is 5.88. The molecule has 0 saturated carbocycles. The summed E-state index contributed by atoms with van der Waals surface area (Å²) in [6, 6.07) is 8.39. The second-order valence-corrected chi connectivity index (χ2v) is 4.60. The molecule has 0 unspecified atom stereocenters. The average Bonchev–Trinajstić information content (AvgIpc) is 2.83. The van der Waals surface area contributed by atoms with Crippen LogP contribution in [-0.2, 0) is 24.6 Å². The van der Waals surface area contributed by atoms with E-state index in [4.69, 9.17) is 4.74 Å². The van der Waals surface area contributed by atoms with Crippen molar-refractivity contribution < 1.29 is 4.74 Å². The molecule has 0 amide bonds. The first kappa shape index (κ1) is 13.6. The lowest BCUT2D eigenvalue weighted by Gasteiger charge is -2.11. The highest BCUT2D eigenvalue weighted by Crippen LogP contribution is 2.15. The van der Waals surface area contributed by atoms with Crippen LogP contribution in [0.1, 0.15) is 11.1 Å². The molecule has 4 nitrogen and oxygen atoms in total. The molecular formula is C15H21N3O. The van der Waals surface area contributed by atoms with Gasteiger partial charge in [0.05, 0.1) is 12.8 Å². The van der Waals surface area contributed by atoms with E-state index in [-0.39, 0.29) is 0 Å². The molecule has 0 aliphatic rings. The van der Waals surface area contributed by atoms with Crippen molar-refractivity contribution in [3.05, 3.63) is 47.8 Å². The summed E-state index contributed by atoms with van der Waals surface area (Å²) in [7, 11) is 3.68. The van der Waals surface area contributed by atoms with Crippen LogP contribution in [0.25, 0.3) is 0 Å². The Labute approximate surface area is 114 Å². The van der Waals surface area contributed by atoms with Gasteiger partial charge in [0, 0.05) is 32.6 Å². The van der Waals surface area contributed by atoms with Gasteiger partial charge in [-0.2, -0.15) is 5.10 Å². The Kier molecular flexibility index (Phi) is 4.98. The molecule has 4 heteroatoms. The lowest BCUT2D eigenvalue weighted by atomic mass is 10.1. The summed E-state index contributed by atoms with van der Waals surface area (Å²) in [6.45, 7) is 1.66. The summed E-state index contributed by atoms with van der Waals surface area (Å²) in [5.41, 5.74) is 3.75. The maximum atomic E-state index is 5.14. The second-order valence-electron chi connectivity index (χ2n) is 4.60. The highest BCUT2D eigenvalue weighted by molar-refractivity contribution is 5.51. The molecule has 0 radical (unpaired) electrons. The minimum Gasteiger partial charge on any atom is -0.384 e. The third kappa shape index (κ3) is 4.10. The number of methoxy groups -OCH3 is 1. The highest BCUT2D eigenvalue weighted by Gasteiger charge is 2.01. The van der Waals surface area contributed by atoms with Crippen LogP contribution >= 0.6 is 0 Å². The number of rotatable bonds is 7. The Morgan fingerprint density at radius 2 is 2.11 bits per heavy atom. The predicted molar refractivity (Wildman–Crippen MR) is 77.4 cm³/mol. The van der Waals surface area contributed by atoms with E-state index in [0.29, 0.717) is 0 Å². The normalized spacial score (nSPS) is 10.6. The molecule has 102 valence electrons. The third-order valence-electron chi connectivity index (χ3n) is 3.08. The van der Waals surface area contributed by atoms with Crippen molar-refractivity contribution in [1.82, 2.24) is 9.78 Å². The van der Waals surface area contributed by atoms with Gasteiger partial charge in [-0.1, -0.05) is 18.2 Å². The van der Waals surface area contributed by atoms with E-state index in [9.17, 15) is 0 Å². The number of benzene rings is 1. The fraction of sp³-hybridized carbons (Fsp3) is 0.400. The van der Waals surface area contributed by atoms with Gasteiger partial charge in [-0.05, 0) is 30.0 Å². The average molecular weight is 259 g/mol. The first-order valence-corrected chi connectivity index (χ1v) is 6.58. The zero-order chi connectivity index (χ0) is 13.5. The van der Waals surface area contributed by atoms with Gasteiger partial charge >= 0.3 is 0 Å². The summed E-state index contributed by atoms with van der Waals surface area (Å²) >= 11 is 0. The minimum atomic E-state index is 0.751. The molecule has 2 rings (SSSR count). The maximum absolute atomic E-state index is 5.14. The summed E-state index contributed by atoms with van der Waals surface area (Å²) in [5, 5.41) is 7.66. The van der Waals surface area contributed by atoms with Gasteiger partial charge in [-0.3, -0.25) is 4.68 Å². The highest BCUT2D eigenvalue weighted by atomic mass is 16.5. The van der Waals surface area contributed by atoms with Crippen molar-refractivity contribution in [2.24, 2.45) is 7.05 Å². The molecule has 0 atom stereocenters. The Morgan fingerprint density at radius 3 is 2.84 bits per heavy atom. The number of aromatic nitrogens is 2. The van der Waals surface area contributed by atoms with E-state index in [1.807, 2.05) is 17.9 Å². The number of hydrogen-bond donors (Lipinski definition) is 1. The van der Waals surface area contributed by atoms with E-state index in [2.05, 4.69) is 40.9 Å². The number of ether oxygens (including phenoxy) is 1. The van der Waals surface area contributed by atoms with E-state index < -0.39 is 0 Å². The summed E-state index contributed by atoms with van der Waals surface area (Å²) in [4.78, 5) is 0. The SMILES string of the molecule is COCCc1ccccc1NCCc1cnn(C)c1. The molecule has 0 aliphatic heterocycles. The number of para-hydroxylation sites is 1. The molecule has 2 aromatic rings. The molecule has 1 aromatic carbocycles. The van der Waals surface area contributed by atoms with Gasteiger partial charge in [0.2, 0.25) is 0 Å². The number of hydrogen-bond acceptors (Lipinski definition) is 3. The van der Waals surface area contributed by atoms with Crippen LogP contribution in [0, 0.1) is 0 Å². The summed E-state index contributed by atoms with van der Waals surface area (Å²) in [5.74, 6) is 0. The molecule has 19 heavy (non-hydrogen) atoms. The zero-order valence-corrected chi connectivity index (χ0v) is 11.6. The largest absolute Gasteiger partial charge is 0.384 e. The van der Waals surface area contributed by atoms with Crippen LogP contribution in [0.2, 0.25) is 0 Å². The standard InChI is InChI=1S/C15H21N3O/c1-18-12-13(11-17-18)7-9-16-15-6-4-3-5-14(15)8-10-19-2/h3-6,11-12,16H,7-10H2,1-2H3. The van der Waals surface area contributed by atoms with E-state index in [1.54, 1.807) is 7.11 Å². The fourth-order valence-corrected chi connectivity index (χ4v) is 2.07. The monoisotopic (exact) mass is 259 g/mol. The third-order valence-corrected chi connectivity index (χ3v) is 3.08. The van der Waals surface area contributed by atoms with Crippen molar-refractivity contribution in [1.29, 1.82) is 0 Å². The molecule has 0 bridgehead atoms. The number of aryl methyl sites for hydroxylation is 1. The van der Waals surface area contributed by atoms with Gasteiger partial charge in [0.1, 0.15) is 0 Å². The maximum Gasteiger partial charge on any atom is 0.0522 e. The minimum absolute atomic E-state index is 0.751. The molecule has 1 aromatic heterocycles. The summed E-state index contributed by atoms with van der Waals surface area (Å²) < 4.78 is 6.97. The molecular weight excluding hydrogens is 238 g/mol. The number of anilines is 1. The van der Waals surface area contributed by atoms with Gasteiger partial charge in [0.25, 0.3) is 0 Å². The van der Waals surface area contributed by atoms with Crippen molar-refractivity contribution in [2.75, 3.05) is 25.6 Å². The Hall–Kier alpha value is -1.81. The van der Waals surface area contributed by atoms with Crippen LogP contribution in [0.5, 0.6) is 0 Å². The van der Waals surface area contributed by atoms with Crippen LogP contribution in [0.4, 0.5) is 5.69 Å². The Balaban J connectivity index is 1.88. The van der Waals surface area contributed by atoms with Crippen molar-refractivity contribution >= 4 is 5.69 Å². The molecule has 0 saturated heterocycles. The number of nitrogens with one attached hydrogen (secondary N) is 1. The van der Waals surface area contributed by atoms with Crippen molar-refractivity contribution in [2.45, 2.75) is 12.8 Å². The smallest absolute Gasteiger partial charge is 0.0522 e. The molecule has 1 N–H and O–H groups in total. The van der Waals surface area contributed by atoms with Gasteiger partial charge in [0.15, 0.2) is 0 Å². The van der Waals surface area contributed by atoms with Crippen LogP contribution in [0.15, 0.2) is 36.7 Å². The van der Waals surface area contributed by atoms with Crippen LogP contribution in [0.3, 0.4) is 0 Å². The lowest BCUT2D eigenvalue weighted by molar-refractivity contribution is 0.202. The van der Waals surface area contributed by atoms with Gasteiger partial charge < -0.3 is 10.1 Å². The van der Waals surface area contributed by atoms with Crippen molar-refractivity contribution in [3.63, 3.8) is 0 Å². The van der Waals surface area contributed by atoms with Gasteiger partial charge in [-0.15, -0.1) is 0 Å². The Bertz CT molecular complexity index is 508. The van der Waals surface area contributed by atoms with Crippen molar-refractivity contribution in [3.8, 4) is 0 Å². The molecule has 1 heterocycles. The first-order valence-electron chi connectivity index (χ1n) is 6.58. The lowest BCUT2D eigenvalue weighted by Crippen LogP contribution is -2.07. The van der Waals surface area contributed by atoms with E-state index in [1.165, 1.54) is 16.8 Å². The molecule has 0 aliphatic carbocycles. The predicted octanol–water partition coefficient (Wildman–Crippen LogP) is 2.26. The topological polar surface area (TPSA) is 39.1 Å². The van der Waals surface area contributed by atoms with Crippen LogP contribution < -0.4 is 5.32 Å².